The van der Waals surface area contributed by atoms with Crippen LogP contribution in [-0.4, -0.2) is 23.4 Å². The third kappa shape index (κ3) is 3.80. The first-order valence-corrected chi connectivity index (χ1v) is 11.4. The van der Waals surface area contributed by atoms with E-state index in [1.54, 1.807) is 25.3 Å². The third-order valence-electron chi connectivity index (χ3n) is 6.70. The zero-order valence-electron chi connectivity index (χ0n) is 19.1. The molecule has 1 aromatic heterocycles. The first-order chi connectivity index (χ1) is 16.0. The number of Topliss-reactive ketones (excluding diaryl/α,β-unsaturated/α-hetero) is 1. The summed E-state index contributed by atoms with van der Waals surface area (Å²) >= 11 is 0. The lowest BCUT2D eigenvalue weighted by atomic mass is 9.89. The molecule has 0 spiro atoms. The van der Waals surface area contributed by atoms with Gasteiger partial charge in [-0.2, -0.15) is 0 Å². The molecule has 1 aliphatic heterocycles. The summed E-state index contributed by atoms with van der Waals surface area (Å²) in [5.74, 6) is 1.48. The van der Waals surface area contributed by atoms with Crippen LogP contribution in [0.1, 0.15) is 53.6 Å². The van der Waals surface area contributed by atoms with E-state index >= 15 is 0 Å². The second kappa shape index (κ2) is 8.43. The fourth-order valence-corrected chi connectivity index (χ4v) is 4.79. The molecule has 5 rings (SSSR count). The van der Waals surface area contributed by atoms with Crippen LogP contribution in [-0.2, 0) is 11.8 Å². The van der Waals surface area contributed by atoms with E-state index in [0.29, 0.717) is 22.6 Å². The molecule has 1 fully saturated rings. The molecule has 170 valence electrons. The van der Waals surface area contributed by atoms with Crippen molar-refractivity contribution in [3.05, 3.63) is 59.0 Å². The molecule has 0 unspecified atom stereocenters. The summed E-state index contributed by atoms with van der Waals surface area (Å²) in [4.78, 5) is 25.7. The van der Waals surface area contributed by atoms with Gasteiger partial charge in [-0.3, -0.25) is 9.59 Å². The SMILES string of the molecule is COc1ccc2c(c1)c(/C=C1/Oc3c(ccc(OC(=O)C4CCCCC4)c3C)C1=O)cn2C. The van der Waals surface area contributed by atoms with Crippen LogP contribution in [0.25, 0.3) is 17.0 Å². The smallest absolute Gasteiger partial charge is 0.314 e. The summed E-state index contributed by atoms with van der Waals surface area (Å²) in [7, 11) is 3.59. The normalized spacial score (nSPS) is 17.3. The summed E-state index contributed by atoms with van der Waals surface area (Å²) in [5, 5.41) is 0.968. The van der Waals surface area contributed by atoms with Crippen molar-refractivity contribution in [1.82, 2.24) is 4.57 Å². The number of carbonyl (C=O) groups is 2. The van der Waals surface area contributed by atoms with Crippen molar-refractivity contribution >= 4 is 28.7 Å². The Morgan fingerprint density at radius 2 is 1.94 bits per heavy atom. The number of fused-ring (bicyclic) bond motifs is 2. The fourth-order valence-electron chi connectivity index (χ4n) is 4.79. The number of ketones is 1. The van der Waals surface area contributed by atoms with E-state index in [4.69, 9.17) is 14.2 Å². The van der Waals surface area contributed by atoms with Crippen molar-refractivity contribution < 1.29 is 23.8 Å². The minimum Gasteiger partial charge on any atom is -0.497 e. The van der Waals surface area contributed by atoms with E-state index < -0.39 is 0 Å². The summed E-state index contributed by atoms with van der Waals surface area (Å²) < 4.78 is 19.1. The van der Waals surface area contributed by atoms with Gasteiger partial charge in [-0.1, -0.05) is 19.3 Å². The van der Waals surface area contributed by atoms with Crippen LogP contribution in [0.2, 0.25) is 0 Å². The first-order valence-electron chi connectivity index (χ1n) is 11.4. The summed E-state index contributed by atoms with van der Waals surface area (Å²) in [6, 6.07) is 9.22. The maximum absolute atomic E-state index is 13.1. The number of benzene rings is 2. The number of hydrogen-bond acceptors (Lipinski definition) is 5. The van der Waals surface area contributed by atoms with Gasteiger partial charge in [0.2, 0.25) is 5.78 Å². The van der Waals surface area contributed by atoms with E-state index in [9.17, 15) is 9.59 Å². The average molecular weight is 446 g/mol. The molecule has 0 radical (unpaired) electrons. The molecular weight excluding hydrogens is 418 g/mol. The lowest BCUT2D eigenvalue weighted by molar-refractivity contribution is -0.140. The highest BCUT2D eigenvalue weighted by Gasteiger charge is 2.31. The van der Waals surface area contributed by atoms with E-state index in [1.165, 1.54) is 6.42 Å². The number of rotatable bonds is 4. The van der Waals surface area contributed by atoms with Crippen molar-refractivity contribution in [3.63, 3.8) is 0 Å². The standard InChI is InChI=1S/C27H27NO5/c1-16-23(33-27(30)17-7-5-4-6-8-17)12-10-20-25(29)24(32-26(16)20)13-18-15-28(2)22-11-9-19(31-3)14-21(18)22/h9-15,17H,4-8H2,1-3H3/b24-13+. The Bertz CT molecular complexity index is 1290. The molecule has 3 aromatic rings. The van der Waals surface area contributed by atoms with Gasteiger partial charge in [0.15, 0.2) is 5.76 Å². The van der Waals surface area contributed by atoms with Gasteiger partial charge in [0.25, 0.3) is 0 Å². The number of aromatic nitrogens is 1. The Labute approximate surface area is 192 Å². The van der Waals surface area contributed by atoms with Crippen LogP contribution >= 0.6 is 0 Å². The van der Waals surface area contributed by atoms with Crippen LogP contribution in [0.15, 0.2) is 42.3 Å². The zero-order valence-corrected chi connectivity index (χ0v) is 19.1. The van der Waals surface area contributed by atoms with Gasteiger partial charge >= 0.3 is 5.97 Å². The highest BCUT2D eigenvalue weighted by Crippen LogP contribution is 2.40. The van der Waals surface area contributed by atoms with Crippen LogP contribution in [0, 0.1) is 12.8 Å². The zero-order chi connectivity index (χ0) is 23.1. The van der Waals surface area contributed by atoms with Gasteiger partial charge in [0.05, 0.1) is 18.6 Å². The molecule has 0 N–H and O–H groups in total. The Balaban J connectivity index is 1.44. The molecule has 0 amide bonds. The molecule has 33 heavy (non-hydrogen) atoms. The van der Waals surface area contributed by atoms with Gasteiger partial charge in [0, 0.05) is 35.3 Å². The monoisotopic (exact) mass is 445 g/mol. The largest absolute Gasteiger partial charge is 0.497 e. The quantitative estimate of drug-likeness (QED) is 0.297. The van der Waals surface area contributed by atoms with Crippen molar-refractivity contribution in [2.24, 2.45) is 13.0 Å². The number of ether oxygens (including phenoxy) is 3. The predicted octanol–water partition coefficient (Wildman–Crippen LogP) is 5.60. The molecule has 1 aliphatic carbocycles. The maximum atomic E-state index is 13.1. The van der Waals surface area contributed by atoms with E-state index in [1.807, 2.05) is 42.9 Å². The maximum Gasteiger partial charge on any atom is 0.314 e. The van der Waals surface area contributed by atoms with Crippen LogP contribution in [0.4, 0.5) is 0 Å². The Morgan fingerprint density at radius 1 is 1.15 bits per heavy atom. The molecular formula is C27H27NO5. The highest BCUT2D eigenvalue weighted by atomic mass is 16.5. The topological polar surface area (TPSA) is 66.8 Å². The van der Waals surface area contributed by atoms with Gasteiger partial charge in [-0.25, -0.2) is 0 Å². The number of nitrogens with zero attached hydrogens (tertiary/aromatic N) is 1. The van der Waals surface area contributed by atoms with Gasteiger partial charge in [-0.05, 0) is 56.2 Å². The second-order valence-corrected chi connectivity index (χ2v) is 8.84. The second-order valence-electron chi connectivity index (χ2n) is 8.84. The van der Waals surface area contributed by atoms with Crippen LogP contribution < -0.4 is 14.2 Å². The number of esters is 1. The van der Waals surface area contributed by atoms with Crippen LogP contribution in [0.3, 0.4) is 0 Å². The van der Waals surface area contributed by atoms with Crippen molar-refractivity contribution in [1.29, 1.82) is 0 Å². The molecule has 6 heteroatoms. The molecule has 0 bridgehead atoms. The number of aryl methyl sites for hydroxylation is 1. The van der Waals surface area contributed by atoms with Crippen LogP contribution in [0.5, 0.6) is 17.2 Å². The first kappa shape index (κ1) is 21.3. The minimum absolute atomic E-state index is 0.0484. The van der Waals surface area contributed by atoms with E-state index in [0.717, 1.165) is 47.9 Å². The number of hydrogen-bond donors (Lipinski definition) is 0. The van der Waals surface area contributed by atoms with Crippen molar-refractivity contribution in [2.45, 2.75) is 39.0 Å². The van der Waals surface area contributed by atoms with Crippen molar-refractivity contribution in [3.8, 4) is 17.2 Å². The van der Waals surface area contributed by atoms with Crippen molar-refractivity contribution in [2.75, 3.05) is 7.11 Å². The number of carbonyl (C=O) groups excluding carboxylic acids is 2. The molecule has 6 nitrogen and oxygen atoms in total. The summed E-state index contributed by atoms with van der Waals surface area (Å²) in [6.07, 6.45) is 8.78. The summed E-state index contributed by atoms with van der Waals surface area (Å²) in [5.41, 5.74) is 3.03. The van der Waals surface area contributed by atoms with Gasteiger partial charge in [0.1, 0.15) is 17.2 Å². The van der Waals surface area contributed by atoms with Gasteiger partial charge in [-0.15, -0.1) is 0 Å². The molecule has 2 heterocycles. The van der Waals surface area contributed by atoms with E-state index in [2.05, 4.69) is 0 Å². The molecule has 2 aliphatic rings. The molecule has 2 aromatic carbocycles. The minimum atomic E-state index is -0.192. The Hall–Kier alpha value is -3.54. The summed E-state index contributed by atoms with van der Waals surface area (Å²) in [6.45, 7) is 1.82. The van der Waals surface area contributed by atoms with E-state index in [-0.39, 0.29) is 23.4 Å². The lowest BCUT2D eigenvalue weighted by Crippen LogP contribution is -2.23. The molecule has 0 saturated heterocycles. The molecule has 0 atom stereocenters. The number of allylic oxidation sites excluding steroid dienone is 1. The number of methoxy groups -OCH3 is 1. The predicted molar refractivity (Wildman–Crippen MR) is 126 cm³/mol. The highest BCUT2D eigenvalue weighted by molar-refractivity contribution is 6.15. The fraction of sp³-hybridized carbons (Fsp3) is 0.333. The third-order valence-corrected chi connectivity index (χ3v) is 6.70. The Kier molecular flexibility index (Phi) is 5.44. The Morgan fingerprint density at radius 3 is 2.70 bits per heavy atom. The van der Waals surface area contributed by atoms with Gasteiger partial charge < -0.3 is 18.8 Å². The molecule has 1 saturated carbocycles. The average Bonchev–Trinajstić information content (AvgIpc) is 3.32. The lowest BCUT2D eigenvalue weighted by Gasteiger charge is -2.20.